The van der Waals surface area contributed by atoms with Crippen molar-refractivity contribution >= 4 is 28.7 Å². The van der Waals surface area contributed by atoms with Crippen molar-refractivity contribution in [1.29, 1.82) is 5.26 Å². The lowest BCUT2D eigenvalue weighted by Gasteiger charge is -2.03. The van der Waals surface area contributed by atoms with E-state index in [0.717, 1.165) is 5.69 Å². The molecule has 0 atom stereocenters. The Morgan fingerprint density at radius 2 is 1.82 bits per heavy atom. The standard InChI is InChI=1S/C29H20FN5O3/c30-21-13-10-19(11-14-21)28-20(17-35(34-28)22-6-2-1-3-7-22)12-15-27(37)38-18-26(36)23(16-31)29-32-24-8-4-5-9-25(24)33-29/h1-15,17,36H,18H2,(H,32,33). The van der Waals surface area contributed by atoms with E-state index in [4.69, 9.17) is 4.74 Å². The number of imidazole rings is 1. The van der Waals surface area contributed by atoms with Gasteiger partial charge in [-0.25, -0.2) is 18.9 Å². The third-order valence-electron chi connectivity index (χ3n) is 5.66. The minimum atomic E-state index is -0.740. The molecule has 5 rings (SSSR count). The van der Waals surface area contributed by atoms with E-state index >= 15 is 0 Å². The zero-order valence-electron chi connectivity index (χ0n) is 19.9. The predicted molar refractivity (Wildman–Crippen MR) is 140 cm³/mol. The van der Waals surface area contributed by atoms with Crippen molar-refractivity contribution in [2.45, 2.75) is 0 Å². The van der Waals surface area contributed by atoms with Crippen molar-refractivity contribution in [3.05, 3.63) is 114 Å². The van der Waals surface area contributed by atoms with Crippen LogP contribution in [-0.2, 0) is 9.53 Å². The molecule has 0 spiro atoms. The van der Waals surface area contributed by atoms with Crippen LogP contribution in [0.3, 0.4) is 0 Å². The number of aromatic amines is 1. The van der Waals surface area contributed by atoms with E-state index < -0.39 is 18.3 Å². The maximum Gasteiger partial charge on any atom is 0.331 e. The van der Waals surface area contributed by atoms with Gasteiger partial charge >= 0.3 is 5.97 Å². The third-order valence-corrected chi connectivity index (χ3v) is 5.66. The SMILES string of the molecule is N#CC(=C(O)COC(=O)C=Cc1cn(-c2ccccc2)nc1-c1ccc(F)cc1)c1nc2ccccc2[nH]1. The van der Waals surface area contributed by atoms with Gasteiger partial charge in [0.2, 0.25) is 0 Å². The number of rotatable bonds is 7. The Hall–Kier alpha value is -5.49. The number of nitrogens with zero attached hydrogens (tertiary/aromatic N) is 4. The quantitative estimate of drug-likeness (QED) is 0.129. The molecule has 0 bridgehead atoms. The van der Waals surface area contributed by atoms with Crippen LogP contribution in [0.5, 0.6) is 0 Å². The molecular weight excluding hydrogens is 485 g/mol. The van der Waals surface area contributed by atoms with E-state index in [1.165, 1.54) is 24.3 Å². The average Bonchev–Trinajstić information content (AvgIpc) is 3.57. The molecule has 5 aromatic rings. The number of halogens is 1. The van der Waals surface area contributed by atoms with Gasteiger partial charge in [0.15, 0.2) is 11.6 Å². The molecule has 0 unspecified atom stereocenters. The molecule has 0 amide bonds. The highest BCUT2D eigenvalue weighted by atomic mass is 19.1. The second kappa shape index (κ2) is 10.6. The van der Waals surface area contributed by atoms with Gasteiger partial charge < -0.3 is 14.8 Å². The van der Waals surface area contributed by atoms with Gasteiger partial charge in [0.1, 0.15) is 24.1 Å². The summed E-state index contributed by atoms with van der Waals surface area (Å²) in [4.78, 5) is 19.7. The molecule has 0 saturated heterocycles. The van der Waals surface area contributed by atoms with Gasteiger partial charge in [0, 0.05) is 23.4 Å². The number of benzene rings is 3. The second-order valence-corrected chi connectivity index (χ2v) is 8.20. The Morgan fingerprint density at radius 1 is 1.08 bits per heavy atom. The van der Waals surface area contributed by atoms with Crippen LogP contribution >= 0.6 is 0 Å². The van der Waals surface area contributed by atoms with Crippen LogP contribution in [0.25, 0.3) is 39.6 Å². The molecule has 0 aliphatic heterocycles. The van der Waals surface area contributed by atoms with E-state index in [1.54, 1.807) is 35.1 Å². The number of hydrogen-bond donors (Lipinski definition) is 2. The van der Waals surface area contributed by atoms with E-state index in [2.05, 4.69) is 15.1 Å². The van der Waals surface area contributed by atoms with Crippen LogP contribution in [0.15, 0.2) is 96.9 Å². The zero-order valence-corrected chi connectivity index (χ0v) is 19.9. The molecule has 38 heavy (non-hydrogen) atoms. The normalized spacial score (nSPS) is 11.9. The third kappa shape index (κ3) is 5.20. The summed E-state index contributed by atoms with van der Waals surface area (Å²) >= 11 is 0. The summed E-state index contributed by atoms with van der Waals surface area (Å²) in [7, 11) is 0. The monoisotopic (exact) mass is 505 g/mol. The Morgan fingerprint density at radius 3 is 2.55 bits per heavy atom. The molecule has 2 aromatic heterocycles. The summed E-state index contributed by atoms with van der Waals surface area (Å²) in [6.07, 6.45) is 4.46. The maximum atomic E-state index is 13.5. The van der Waals surface area contributed by atoms with Gasteiger partial charge in [0.25, 0.3) is 0 Å². The number of esters is 1. The van der Waals surface area contributed by atoms with E-state index in [-0.39, 0.29) is 17.2 Å². The Kier molecular flexibility index (Phi) is 6.78. The van der Waals surface area contributed by atoms with Crippen LogP contribution in [0.1, 0.15) is 11.4 Å². The first-order chi connectivity index (χ1) is 18.5. The van der Waals surface area contributed by atoms with Crippen LogP contribution in [0, 0.1) is 17.1 Å². The van der Waals surface area contributed by atoms with Crippen molar-refractivity contribution in [3.8, 4) is 23.0 Å². The molecule has 9 heteroatoms. The number of ether oxygens (including phenoxy) is 1. The lowest BCUT2D eigenvalue weighted by atomic mass is 10.1. The summed E-state index contributed by atoms with van der Waals surface area (Å²) in [5.74, 6) is -1.37. The molecule has 0 aliphatic rings. The first-order valence-corrected chi connectivity index (χ1v) is 11.5. The largest absolute Gasteiger partial charge is 0.507 e. The van der Waals surface area contributed by atoms with Gasteiger partial charge in [-0.2, -0.15) is 10.4 Å². The molecule has 2 N–H and O–H groups in total. The van der Waals surface area contributed by atoms with Crippen LogP contribution in [0.2, 0.25) is 0 Å². The van der Waals surface area contributed by atoms with Crippen molar-refractivity contribution in [1.82, 2.24) is 19.7 Å². The number of para-hydroxylation sites is 3. The number of hydrogen-bond acceptors (Lipinski definition) is 6. The number of nitrogens with one attached hydrogen (secondary N) is 1. The maximum absolute atomic E-state index is 13.5. The number of carbonyl (C=O) groups is 1. The molecule has 0 fully saturated rings. The van der Waals surface area contributed by atoms with Gasteiger partial charge in [-0.05, 0) is 54.6 Å². The molecule has 8 nitrogen and oxygen atoms in total. The first-order valence-electron chi connectivity index (χ1n) is 11.5. The number of fused-ring (bicyclic) bond motifs is 1. The Labute approximate surface area is 216 Å². The highest BCUT2D eigenvalue weighted by Gasteiger charge is 2.15. The lowest BCUT2D eigenvalue weighted by molar-refractivity contribution is -0.137. The molecule has 2 heterocycles. The fourth-order valence-corrected chi connectivity index (χ4v) is 3.80. The van der Waals surface area contributed by atoms with Crippen LogP contribution in [-0.4, -0.2) is 37.4 Å². The predicted octanol–water partition coefficient (Wildman–Crippen LogP) is 5.60. The van der Waals surface area contributed by atoms with E-state index in [1.807, 2.05) is 48.5 Å². The fourth-order valence-electron chi connectivity index (χ4n) is 3.80. The molecular formula is C29H20FN5O3. The highest BCUT2D eigenvalue weighted by molar-refractivity contribution is 5.89. The van der Waals surface area contributed by atoms with Crippen molar-refractivity contribution in [2.75, 3.05) is 6.61 Å². The number of aliphatic hydroxyl groups excluding tert-OH is 1. The number of allylic oxidation sites excluding steroid dienone is 1. The number of aromatic nitrogens is 4. The zero-order chi connectivity index (χ0) is 26.5. The molecule has 0 radical (unpaired) electrons. The first kappa shape index (κ1) is 24.2. The average molecular weight is 506 g/mol. The van der Waals surface area contributed by atoms with Crippen LogP contribution in [0.4, 0.5) is 4.39 Å². The van der Waals surface area contributed by atoms with Crippen molar-refractivity contribution in [3.63, 3.8) is 0 Å². The minimum Gasteiger partial charge on any atom is -0.507 e. The van der Waals surface area contributed by atoms with Crippen molar-refractivity contribution in [2.24, 2.45) is 0 Å². The summed E-state index contributed by atoms with van der Waals surface area (Å²) < 4.78 is 20.3. The van der Waals surface area contributed by atoms with Gasteiger partial charge in [-0.3, -0.25) is 0 Å². The smallest absolute Gasteiger partial charge is 0.331 e. The topological polar surface area (TPSA) is 117 Å². The lowest BCUT2D eigenvalue weighted by Crippen LogP contribution is -2.06. The Bertz CT molecular complexity index is 1680. The fraction of sp³-hybridized carbons (Fsp3) is 0.0345. The highest BCUT2D eigenvalue weighted by Crippen LogP contribution is 2.25. The summed E-state index contributed by atoms with van der Waals surface area (Å²) in [6.45, 7) is -0.517. The molecule has 186 valence electrons. The van der Waals surface area contributed by atoms with Gasteiger partial charge in [-0.1, -0.05) is 30.3 Å². The Balaban J connectivity index is 1.35. The number of nitriles is 1. The number of aliphatic hydroxyl groups is 1. The summed E-state index contributed by atoms with van der Waals surface area (Å²) in [6, 6.07) is 24.4. The molecule has 3 aromatic carbocycles. The van der Waals surface area contributed by atoms with Gasteiger partial charge in [-0.15, -0.1) is 0 Å². The van der Waals surface area contributed by atoms with Crippen LogP contribution < -0.4 is 0 Å². The van der Waals surface area contributed by atoms with E-state index in [0.29, 0.717) is 27.9 Å². The second-order valence-electron chi connectivity index (χ2n) is 8.20. The molecule has 0 saturated carbocycles. The minimum absolute atomic E-state index is 0.124. The van der Waals surface area contributed by atoms with Crippen molar-refractivity contribution < 1.29 is 19.0 Å². The van der Waals surface area contributed by atoms with E-state index in [9.17, 15) is 19.6 Å². The number of carbonyl (C=O) groups excluding carboxylic acids is 1. The molecule has 0 aliphatic carbocycles. The van der Waals surface area contributed by atoms with Gasteiger partial charge in [0.05, 0.1) is 22.4 Å². The summed E-state index contributed by atoms with van der Waals surface area (Å²) in [5, 5.41) is 24.6. The summed E-state index contributed by atoms with van der Waals surface area (Å²) in [5.41, 5.74) is 3.82. The number of H-pyrrole nitrogens is 1.